The normalized spacial score (nSPS) is 12.2. The van der Waals surface area contributed by atoms with Crippen LogP contribution >= 0.6 is 0 Å². The van der Waals surface area contributed by atoms with Crippen LogP contribution in [0, 0.1) is 21.7 Å². The van der Waals surface area contributed by atoms with Crippen LogP contribution in [0.1, 0.15) is 25.2 Å². The van der Waals surface area contributed by atoms with Crippen molar-refractivity contribution in [1.29, 1.82) is 0 Å². The summed E-state index contributed by atoms with van der Waals surface area (Å²) in [7, 11) is 0. The van der Waals surface area contributed by atoms with Gasteiger partial charge in [-0.05, 0) is 6.42 Å². The molecule has 106 valence electrons. The number of nitrogens with zero attached hydrogens (tertiary/aromatic N) is 2. The second kappa shape index (κ2) is 5.64. The van der Waals surface area contributed by atoms with Crippen LogP contribution in [0.4, 0.5) is 20.2 Å². The molecule has 1 aromatic carbocycles. The molecule has 0 aliphatic rings. The van der Waals surface area contributed by atoms with E-state index in [1.807, 2.05) is 6.92 Å². The molecule has 6 nitrogen and oxygen atoms in total. The monoisotopic (exact) mass is 282 g/mol. The molecule has 0 amide bonds. The number of benzene rings is 1. The lowest BCUT2D eigenvalue weighted by atomic mass is 10.1. The van der Waals surface area contributed by atoms with E-state index in [2.05, 4.69) is 15.3 Å². The van der Waals surface area contributed by atoms with Crippen LogP contribution in [0.2, 0.25) is 0 Å². The number of hydrogen-bond acceptors (Lipinski definition) is 4. The summed E-state index contributed by atoms with van der Waals surface area (Å²) in [4.78, 5) is 16.9. The molecular formula is C12H12F2N4O2. The fourth-order valence-electron chi connectivity index (χ4n) is 1.88. The van der Waals surface area contributed by atoms with Crippen LogP contribution in [0.25, 0.3) is 0 Å². The predicted molar refractivity (Wildman–Crippen MR) is 68.3 cm³/mol. The summed E-state index contributed by atoms with van der Waals surface area (Å²) in [5.74, 6) is -1.57. The van der Waals surface area contributed by atoms with Crippen molar-refractivity contribution in [2.24, 2.45) is 0 Å². The van der Waals surface area contributed by atoms with Crippen LogP contribution in [-0.2, 0) is 0 Å². The Morgan fingerprint density at radius 1 is 1.50 bits per heavy atom. The Morgan fingerprint density at radius 2 is 2.25 bits per heavy atom. The zero-order chi connectivity index (χ0) is 14.7. The summed E-state index contributed by atoms with van der Waals surface area (Å²) >= 11 is 0. The van der Waals surface area contributed by atoms with E-state index in [1.165, 1.54) is 6.20 Å². The van der Waals surface area contributed by atoms with E-state index in [1.54, 1.807) is 6.20 Å². The Balaban J connectivity index is 2.39. The largest absolute Gasteiger partial charge is 0.369 e. The van der Waals surface area contributed by atoms with E-state index in [0.717, 1.165) is 6.07 Å². The van der Waals surface area contributed by atoms with Gasteiger partial charge in [-0.3, -0.25) is 10.1 Å². The molecule has 2 aromatic rings. The predicted octanol–water partition coefficient (Wildman–Crippen LogP) is 3.16. The third-order valence-electron chi connectivity index (χ3n) is 2.80. The Hall–Kier alpha value is -2.51. The lowest BCUT2D eigenvalue weighted by molar-refractivity contribution is -0.386. The number of nitro benzene ring substituents is 1. The third kappa shape index (κ3) is 2.73. The van der Waals surface area contributed by atoms with Crippen molar-refractivity contribution in [3.63, 3.8) is 0 Å². The molecule has 0 bridgehead atoms. The minimum absolute atomic E-state index is 0.212. The van der Waals surface area contributed by atoms with E-state index >= 15 is 0 Å². The van der Waals surface area contributed by atoms with Crippen LogP contribution in [-0.4, -0.2) is 14.9 Å². The minimum Gasteiger partial charge on any atom is -0.369 e. The van der Waals surface area contributed by atoms with Crippen molar-refractivity contribution in [3.05, 3.63) is 52.1 Å². The maximum atomic E-state index is 13.5. The SMILES string of the molecule is CCC(Nc1cc(F)cc(F)c1[N+](=O)[O-])c1ncc[nH]1. The number of aromatic amines is 1. The Bertz CT molecular complexity index is 616. The molecule has 1 unspecified atom stereocenters. The molecule has 1 aromatic heterocycles. The van der Waals surface area contributed by atoms with Gasteiger partial charge in [-0.25, -0.2) is 9.37 Å². The molecule has 2 rings (SSSR count). The number of H-pyrrole nitrogens is 1. The average Bonchev–Trinajstić information content (AvgIpc) is 2.88. The number of nitrogens with one attached hydrogen (secondary N) is 2. The summed E-state index contributed by atoms with van der Waals surface area (Å²) in [6.45, 7) is 1.82. The van der Waals surface area contributed by atoms with Gasteiger partial charge in [-0.1, -0.05) is 6.92 Å². The molecule has 0 fully saturated rings. The molecule has 2 N–H and O–H groups in total. The van der Waals surface area contributed by atoms with Gasteiger partial charge in [0.1, 0.15) is 17.3 Å². The summed E-state index contributed by atoms with van der Waals surface area (Å²) in [5, 5.41) is 13.6. The summed E-state index contributed by atoms with van der Waals surface area (Å²) in [6.07, 6.45) is 3.66. The van der Waals surface area contributed by atoms with E-state index in [0.29, 0.717) is 18.3 Å². The first-order chi connectivity index (χ1) is 9.52. The van der Waals surface area contributed by atoms with Crippen molar-refractivity contribution < 1.29 is 13.7 Å². The summed E-state index contributed by atoms with van der Waals surface area (Å²) in [6, 6.07) is 0.967. The van der Waals surface area contributed by atoms with Crippen molar-refractivity contribution >= 4 is 11.4 Å². The van der Waals surface area contributed by atoms with Crippen molar-refractivity contribution in [2.75, 3.05) is 5.32 Å². The van der Waals surface area contributed by atoms with E-state index in [-0.39, 0.29) is 5.69 Å². The van der Waals surface area contributed by atoms with Gasteiger partial charge in [0, 0.05) is 24.5 Å². The highest BCUT2D eigenvalue weighted by molar-refractivity contribution is 5.62. The standard InChI is InChI=1S/C12H12F2N4O2/c1-2-9(12-15-3-4-16-12)17-10-6-7(13)5-8(14)11(10)18(19)20/h3-6,9,17H,2H2,1H3,(H,15,16). The van der Waals surface area contributed by atoms with Gasteiger partial charge < -0.3 is 10.3 Å². The number of rotatable bonds is 5. The zero-order valence-electron chi connectivity index (χ0n) is 10.6. The van der Waals surface area contributed by atoms with Crippen LogP contribution in [0.3, 0.4) is 0 Å². The average molecular weight is 282 g/mol. The summed E-state index contributed by atoms with van der Waals surface area (Å²) in [5.41, 5.74) is -0.993. The second-order valence-electron chi connectivity index (χ2n) is 4.12. The lowest BCUT2D eigenvalue weighted by Crippen LogP contribution is -2.13. The molecule has 0 spiro atoms. The maximum absolute atomic E-state index is 13.5. The number of aromatic nitrogens is 2. The van der Waals surface area contributed by atoms with Crippen molar-refractivity contribution in [1.82, 2.24) is 9.97 Å². The molecular weight excluding hydrogens is 270 g/mol. The molecule has 0 saturated heterocycles. The van der Waals surface area contributed by atoms with Crippen LogP contribution in [0.15, 0.2) is 24.5 Å². The van der Waals surface area contributed by atoms with Gasteiger partial charge in [-0.15, -0.1) is 0 Å². The topological polar surface area (TPSA) is 83.8 Å². The fraction of sp³-hybridized carbons (Fsp3) is 0.250. The van der Waals surface area contributed by atoms with E-state index in [4.69, 9.17) is 0 Å². The lowest BCUT2D eigenvalue weighted by Gasteiger charge is -2.16. The van der Waals surface area contributed by atoms with E-state index in [9.17, 15) is 18.9 Å². The van der Waals surface area contributed by atoms with Gasteiger partial charge >= 0.3 is 5.69 Å². The Labute approximate surface area is 113 Å². The van der Waals surface area contributed by atoms with Crippen LogP contribution in [0.5, 0.6) is 0 Å². The van der Waals surface area contributed by atoms with Crippen LogP contribution < -0.4 is 5.32 Å². The molecule has 1 atom stereocenters. The third-order valence-corrected chi connectivity index (χ3v) is 2.80. The minimum atomic E-state index is -1.22. The number of halogens is 2. The maximum Gasteiger partial charge on any atom is 0.327 e. The van der Waals surface area contributed by atoms with Crippen molar-refractivity contribution in [3.8, 4) is 0 Å². The molecule has 0 aliphatic heterocycles. The van der Waals surface area contributed by atoms with Gasteiger partial charge in [0.15, 0.2) is 0 Å². The quantitative estimate of drug-likeness (QED) is 0.651. The zero-order valence-corrected chi connectivity index (χ0v) is 10.6. The first-order valence-corrected chi connectivity index (χ1v) is 5.92. The number of hydrogen-bond donors (Lipinski definition) is 2. The Morgan fingerprint density at radius 3 is 2.80 bits per heavy atom. The number of imidazole rings is 1. The highest BCUT2D eigenvalue weighted by Crippen LogP contribution is 2.32. The van der Waals surface area contributed by atoms with E-state index < -0.39 is 28.3 Å². The smallest absolute Gasteiger partial charge is 0.327 e. The molecule has 0 saturated carbocycles. The summed E-state index contributed by atoms with van der Waals surface area (Å²) < 4.78 is 26.8. The highest BCUT2D eigenvalue weighted by Gasteiger charge is 2.24. The Kier molecular flexibility index (Phi) is 3.92. The molecule has 1 heterocycles. The first-order valence-electron chi connectivity index (χ1n) is 5.92. The number of nitro groups is 1. The first kappa shape index (κ1) is 13.9. The number of anilines is 1. The highest BCUT2D eigenvalue weighted by atomic mass is 19.1. The molecule has 8 heteroatoms. The molecule has 0 radical (unpaired) electrons. The second-order valence-corrected chi connectivity index (χ2v) is 4.12. The van der Waals surface area contributed by atoms with Gasteiger partial charge in [0.2, 0.25) is 5.82 Å². The van der Waals surface area contributed by atoms with Crippen molar-refractivity contribution in [2.45, 2.75) is 19.4 Å². The molecule has 20 heavy (non-hydrogen) atoms. The fourth-order valence-corrected chi connectivity index (χ4v) is 1.88. The van der Waals surface area contributed by atoms with Gasteiger partial charge in [0.05, 0.1) is 11.0 Å². The van der Waals surface area contributed by atoms with Gasteiger partial charge in [-0.2, -0.15) is 4.39 Å². The van der Waals surface area contributed by atoms with Gasteiger partial charge in [0.25, 0.3) is 0 Å². The molecule has 0 aliphatic carbocycles.